The van der Waals surface area contributed by atoms with Gasteiger partial charge in [-0.05, 0) is 42.7 Å². The molecule has 0 atom stereocenters. The van der Waals surface area contributed by atoms with Gasteiger partial charge in [-0.3, -0.25) is 0 Å². The van der Waals surface area contributed by atoms with Gasteiger partial charge in [-0.15, -0.1) is 10.2 Å². The van der Waals surface area contributed by atoms with Gasteiger partial charge in [0.2, 0.25) is 10.0 Å². The van der Waals surface area contributed by atoms with E-state index in [-0.39, 0.29) is 5.75 Å². The summed E-state index contributed by atoms with van der Waals surface area (Å²) in [5.41, 5.74) is 2.18. The molecule has 9 heteroatoms. The van der Waals surface area contributed by atoms with Gasteiger partial charge in [-0.2, -0.15) is 0 Å². The number of nitrogens with zero attached hydrogens (tertiary/aromatic N) is 3. The molecule has 0 bridgehead atoms. The Bertz CT molecular complexity index is 1020. The van der Waals surface area contributed by atoms with E-state index in [0.717, 1.165) is 35.3 Å². The second kappa shape index (κ2) is 9.91. The van der Waals surface area contributed by atoms with Gasteiger partial charge in [0, 0.05) is 17.9 Å². The summed E-state index contributed by atoms with van der Waals surface area (Å²) < 4.78 is 29.6. The Morgan fingerprint density at radius 3 is 2.45 bits per heavy atom. The van der Waals surface area contributed by atoms with E-state index in [2.05, 4.69) is 26.9 Å². The maximum Gasteiger partial charge on any atom is 0.209 e. The molecule has 0 saturated carbocycles. The van der Waals surface area contributed by atoms with Crippen molar-refractivity contribution in [3.05, 3.63) is 60.2 Å². The Morgan fingerprint density at radius 2 is 1.79 bits per heavy atom. The molecule has 3 rings (SSSR count). The first-order chi connectivity index (χ1) is 14.0. The molecule has 0 spiro atoms. The molecule has 29 heavy (non-hydrogen) atoms. The Hall–Kier alpha value is -2.36. The number of rotatable bonds is 10. The Balaban J connectivity index is 1.79. The van der Waals surface area contributed by atoms with Crippen molar-refractivity contribution in [2.24, 2.45) is 5.14 Å². The average Bonchev–Trinajstić information content (AvgIpc) is 3.12. The first kappa shape index (κ1) is 21.4. The topological polar surface area (TPSA) is 100 Å². The smallest absolute Gasteiger partial charge is 0.209 e. The van der Waals surface area contributed by atoms with Gasteiger partial charge < -0.3 is 9.30 Å². The van der Waals surface area contributed by atoms with Crippen LogP contribution in [-0.4, -0.2) is 41.8 Å². The van der Waals surface area contributed by atoms with E-state index >= 15 is 0 Å². The van der Waals surface area contributed by atoms with Crippen molar-refractivity contribution < 1.29 is 13.2 Å². The fourth-order valence-electron chi connectivity index (χ4n) is 2.86. The standard InChI is InChI=1S/C20H24N4O3S2/c1-27-18-10-8-17(9-11-18)19-22-23-20(28-14-5-15-29(21,25)26)24(19)13-12-16-6-3-2-4-7-16/h2-4,6-11H,5,12-15H2,1H3,(H2,21,25,26). The third kappa shape index (κ3) is 6.31. The summed E-state index contributed by atoms with van der Waals surface area (Å²) in [6.45, 7) is 0.718. The molecule has 7 nitrogen and oxygen atoms in total. The SMILES string of the molecule is COc1ccc(-c2nnc(SCCCS(N)(=O)=O)n2CCc2ccccc2)cc1. The number of benzene rings is 2. The molecule has 0 saturated heterocycles. The van der Waals surface area contributed by atoms with Crippen LogP contribution in [0, 0.1) is 0 Å². The zero-order valence-corrected chi connectivity index (χ0v) is 17.8. The highest BCUT2D eigenvalue weighted by atomic mass is 32.2. The van der Waals surface area contributed by atoms with Crippen LogP contribution >= 0.6 is 11.8 Å². The Kier molecular flexibility index (Phi) is 7.29. The maximum atomic E-state index is 11.1. The second-order valence-electron chi connectivity index (χ2n) is 6.49. The van der Waals surface area contributed by atoms with Crippen molar-refractivity contribution in [2.75, 3.05) is 18.6 Å². The number of aromatic nitrogens is 3. The van der Waals surface area contributed by atoms with Gasteiger partial charge in [0.1, 0.15) is 5.75 Å². The molecule has 1 heterocycles. The molecule has 0 aliphatic carbocycles. The van der Waals surface area contributed by atoms with Gasteiger partial charge in [0.05, 0.1) is 12.9 Å². The number of sulfonamides is 1. The van der Waals surface area contributed by atoms with E-state index in [1.54, 1.807) is 7.11 Å². The van der Waals surface area contributed by atoms with Crippen LogP contribution in [-0.2, 0) is 23.0 Å². The van der Waals surface area contributed by atoms with Crippen molar-refractivity contribution >= 4 is 21.8 Å². The van der Waals surface area contributed by atoms with Crippen LogP contribution in [0.2, 0.25) is 0 Å². The molecule has 0 amide bonds. The fraction of sp³-hybridized carbons (Fsp3) is 0.300. The van der Waals surface area contributed by atoms with Crippen LogP contribution in [0.25, 0.3) is 11.4 Å². The minimum atomic E-state index is -3.45. The van der Waals surface area contributed by atoms with E-state index in [0.29, 0.717) is 12.2 Å². The number of ether oxygens (including phenoxy) is 1. The fourth-order valence-corrected chi connectivity index (χ4v) is 4.49. The Morgan fingerprint density at radius 1 is 1.07 bits per heavy atom. The van der Waals surface area contributed by atoms with Gasteiger partial charge in [-0.1, -0.05) is 42.1 Å². The van der Waals surface area contributed by atoms with Gasteiger partial charge >= 0.3 is 0 Å². The summed E-state index contributed by atoms with van der Waals surface area (Å²) >= 11 is 1.49. The molecule has 0 radical (unpaired) electrons. The molecule has 2 aromatic carbocycles. The lowest BCUT2D eigenvalue weighted by Gasteiger charge is -2.11. The van der Waals surface area contributed by atoms with Gasteiger partial charge in [0.25, 0.3) is 0 Å². The first-order valence-electron chi connectivity index (χ1n) is 9.21. The third-order valence-corrected chi connectivity index (χ3v) is 6.25. The highest BCUT2D eigenvalue weighted by molar-refractivity contribution is 7.99. The lowest BCUT2D eigenvalue weighted by atomic mass is 10.1. The summed E-state index contributed by atoms with van der Waals surface area (Å²) in [5.74, 6) is 2.12. The molecule has 0 unspecified atom stereocenters. The number of thioether (sulfide) groups is 1. The van der Waals surface area contributed by atoms with E-state index < -0.39 is 10.0 Å². The number of primary sulfonamides is 1. The molecule has 0 aliphatic rings. The van der Waals surface area contributed by atoms with Crippen molar-refractivity contribution in [3.63, 3.8) is 0 Å². The number of hydrogen-bond donors (Lipinski definition) is 1. The first-order valence-corrected chi connectivity index (χ1v) is 11.9. The van der Waals surface area contributed by atoms with Crippen LogP contribution in [0.1, 0.15) is 12.0 Å². The molecule has 0 aliphatic heterocycles. The third-order valence-electron chi connectivity index (χ3n) is 4.34. The highest BCUT2D eigenvalue weighted by Crippen LogP contribution is 2.26. The maximum absolute atomic E-state index is 11.1. The highest BCUT2D eigenvalue weighted by Gasteiger charge is 2.15. The number of aryl methyl sites for hydroxylation is 1. The van der Waals surface area contributed by atoms with E-state index in [1.165, 1.54) is 17.3 Å². The monoisotopic (exact) mass is 432 g/mol. The lowest BCUT2D eigenvalue weighted by molar-refractivity contribution is 0.415. The number of hydrogen-bond acceptors (Lipinski definition) is 6. The van der Waals surface area contributed by atoms with Crippen LogP contribution in [0.3, 0.4) is 0 Å². The predicted octanol–water partition coefficient (Wildman–Crippen LogP) is 2.97. The molecule has 0 fully saturated rings. The molecular weight excluding hydrogens is 408 g/mol. The normalized spacial score (nSPS) is 11.5. The summed E-state index contributed by atoms with van der Waals surface area (Å²) in [5, 5.41) is 14.6. The molecule has 2 N–H and O–H groups in total. The number of methoxy groups -OCH3 is 1. The second-order valence-corrected chi connectivity index (χ2v) is 9.29. The average molecular weight is 433 g/mol. The lowest BCUT2D eigenvalue weighted by Crippen LogP contribution is -2.16. The van der Waals surface area contributed by atoms with Crippen molar-refractivity contribution in [2.45, 2.75) is 24.5 Å². The van der Waals surface area contributed by atoms with Crippen LogP contribution in [0.15, 0.2) is 59.8 Å². The summed E-state index contributed by atoms with van der Waals surface area (Å²) in [6.07, 6.45) is 1.31. The summed E-state index contributed by atoms with van der Waals surface area (Å²) in [4.78, 5) is 0. The van der Waals surface area contributed by atoms with Crippen molar-refractivity contribution in [3.8, 4) is 17.1 Å². The van der Waals surface area contributed by atoms with E-state index in [4.69, 9.17) is 9.88 Å². The van der Waals surface area contributed by atoms with E-state index in [1.807, 2.05) is 42.5 Å². The predicted molar refractivity (Wildman–Crippen MR) is 115 cm³/mol. The molecular formula is C20H24N4O3S2. The molecule has 154 valence electrons. The van der Waals surface area contributed by atoms with E-state index in [9.17, 15) is 8.42 Å². The molecule has 3 aromatic rings. The Labute approximate surface area is 175 Å². The minimum absolute atomic E-state index is 0.0382. The van der Waals surface area contributed by atoms with Gasteiger partial charge in [-0.25, -0.2) is 13.6 Å². The van der Waals surface area contributed by atoms with Gasteiger partial charge in [0.15, 0.2) is 11.0 Å². The van der Waals surface area contributed by atoms with Crippen LogP contribution in [0.5, 0.6) is 5.75 Å². The summed E-state index contributed by atoms with van der Waals surface area (Å²) in [7, 11) is -1.81. The summed E-state index contributed by atoms with van der Waals surface area (Å²) in [6, 6.07) is 17.9. The van der Waals surface area contributed by atoms with Crippen molar-refractivity contribution in [1.82, 2.24) is 14.8 Å². The van der Waals surface area contributed by atoms with Crippen molar-refractivity contribution in [1.29, 1.82) is 0 Å². The van der Waals surface area contributed by atoms with Crippen LogP contribution in [0.4, 0.5) is 0 Å². The molecule has 1 aromatic heterocycles. The zero-order valence-electron chi connectivity index (χ0n) is 16.2. The largest absolute Gasteiger partial charge is 0.497 e. The minimum Gasteiger partial charge on any atom is -0.497 e. The quantitative estimate of drug-likeness (QED) is 0.390. The zero-order chi connectivity index (χ0) is 20.7. The van der Waals surface area contributed by atoms with Crippen LogP contribution < -0.4 is 9.88 Å². The number of nitrogens with two attached hydrogens (primary N) is 1.